The van der Waals surface area contributed by atoms with Gasteiger partial charge < -0.3 is 19.6 Å². The van der Waals surface area contributed by atoms with E-state index in [0.717, 1.165) is 6.07 Å². The molecule has 1 amide bonds. The number of para-hydroxylation sites is 2. The zero-order chi connectivity index (χ0) is 20.3. The van der Waals surface area contributed by atoms with Gasteiger partial charge in [-0.05, 0) is 24.3 Å². The first-order valence-electron chi connectivity index (χ1n) is 8.26. The van der Waals surface area contributed by atoms with Crippen molar-refractivity contribution in [1.29, 1.82) is 0 Å². The number of benzene rings is 2. The summed E-state index contributed by atoms with van der Waals surface area (Å²) < 4.78 is 49.8. The fourth-order valence-electron chi connectivity index (χ4n) is 2.84. The molecule has 0 fully saturated rings. The van der Waals surface area contributed by atoms with Crippen molar-refractivity contribution in [2.24, 2.45) is 5.16 Å². The Bertz CT molecular complexity index is 912. The maximum absolute atomic E-state index is 13.1. The van der Waals surface area contributed by atoms with Gasteiger partial charge in [-0.3, -0.25) is 4.79 Å². The van der Waals surface area contributed by atoms with Gasteiger partial charge >= 0.3 is 6.18 Å². The summed E-state index contributed by atoms with van der Waals surface area (Å²) in [7, 11) is 2.96. The van der Waals surface area contributed by atoms with Gasteiger partial charge in [0.25, 0.3) is 5.91 Å². The van der Waals surface area contributed by atoms with Crippen LogP contribution in [0.25, 0.3) is 0 Å². The zero-order valence-electron chi connectivity index (χ0n) is 15.0. The molecule has 0 bridgehead atoms. The molecule has 0 radical (unpaired) electrons. The number of hydrogen-bond donors (Lipinski definition) is 1. The Kier molecular flexibility index (Phi) is 5.43. The molecule has 2 aromatic rings. The van der Waals surface area contributed by atoms with Crippen molar-refractivity contribution >= 4 is 17.3 Å². The topological polar surface area (TPSA) is 69.2 Å². The van der Waals surface area contributed by atoms with Gasteiger partial charge in [-0.1, -0.05) is 23.4 Å². The summed E-state index contributed by atoms with van der Waals surface area (Å²) in [5, 5.41) is 6.17. The molecule has 0 aliphatic carbocycles. The predicted octanol–water partition coefficient (Wildman–Crippen LogP) is 3.85. The SMILES string of the molecule is COc1cccc(C2=NOC(C(=O)Nc3ccccc3C(F)(F)F)C2)c1OC. The smallest absolute Gasteiger partial charge is 0.418 e. The van der Waals surface area contributed by atoms with E-state index >= 15 is 0 Å². The Hall–Kier alpha value is -3.23. The normalized spacial score (nSPS) is 16.2. The van der Waals surface area contributed by atoms with Gasteiger partial charge in [0.2, 0.25) is 6.10 Å². The number of hydrogen-bond acceptors (Lipinski definition) is 5. The number of amides is 1. The highest BCUT2D eigenvalue weighted by molar-refractivity contribution is 6.08. The number of nitrogens with one attached hydrogen (secondary N) is 1. The van der Waals surface area contributed by atoms with Crippen LogP contribution in [0.2, 0.25) is 0 Å². The Morgan fingerprint density at radius 2 is 1.89 bits per heavy atom. The molecule has 0 aromatic heterocycles. The van der Waals surface area contributed by atoms with E-state index in [4.69, 9.17) is 14.3 Å². The lowest BCUT2D eigenvalue weighted by molar-refractivity contribution is -0.137. The highest BCUT2D eigenvalue weighted by atomic mass is 19.4. The Morgan fingerprint density at radius 3 is 2.57 bits per heavy atom. The maximum Gasteiger partial charge on any atom is 0.418 e. The Labute approximate surface area is 158 Å². The van der Waals surface area contributed by atoms with Gasteiger partial charge in [-0.2, -0.15) is 13.2 Å². The quantitative estimate of drug-likeness (QED) is 0.836. The molecule has 1 atom stereocenters. The summed E-state index contributed by atoms with van der Waals surface area (Å²) in [4.78, 5) is 17.6. The highest BCUT2D eigenvalue weighted by Gasteiger charge is 2.36. The fourth-order valence-corrected chi connectivity index (χ4v) is 2.84. The summed E-state index contributed by atoms with van der Waals surface area (Å²) in [6.45, 7) is 0. The number of nitrogens with zero attached hydrogens (tertiary/aromatic N) is 1. The van der Waals surface area contributed by atoms with Gasteiger partial charge in [0, 0.05) is 12.0 Å². The van der Waals surface area contributed by atoms with Crippen molar-refractivity contribution in [3.8, 4) is 11.5 Å². The van der Waals surface area contributed by atoms with Crippen molar-refractivity contribution < 1.29 is 32.3 Å². The molecular formula is C19H17F3N2O4. The molecule has 0 saturated heterocycles. The second kappa shape index (κ2) is 7.79. The van der Waals surface area contributed by atoms with E-state index in [-0.39, 0.29) is 12.1 Å². The number of carbonyl (C=O) groups is 1. The van der Waals surface area contributed by atoms with Crippen LogP contribution in [-0.4, -0.2) is 31.9 Å². The number of halogens is 3. The molecular weight excluding hydrogens is 377 g/mol. The number of ether oxygens (including phenoxy) is 2. The summed E-state index contributed by atoms with van der Waals surface area (Å²) >= 11 is 0. The first-order chi connectivity index (χ1) is 13.3. The summed E-state index contributed by atoms with van der Waals surface area (Å²) in [5.74, 6) is 0.183. The van der Waals surface area contributed by atoms with E-state index in [2.05, 4.69) is 10.5 Å². The van der Waals surface area contributed by atoms with Gasteiger partial charge in [-0.25, -0.2) is 0 Å². The molecule has 0 spiro atoms. The van der Waals surface area contributed by atoms with Crippen molar-refractivity contribution in [2.45, 2.75) is 18.7 Å². The standard InChI is InChI=1S/C19H17F3N2O4/c1-26-15-9-5-6-11(17(15)27-2)14-10-16(28-24-14)18(25)23-13-8-4-3-7-12(13)19(20,21)22/h3-9,16H,10H2,1-2H3,(H,23,25). The van der Waals surface area contributed by atoms with Crippen molar-refractivity contribution in [3.63, 3.8) is 0 Å². The third kappa shape index (κ3) is 3.88. The van der Waals surface area contributed by atoms with Crippen LogP contribution < -0.4 is 14.8 Å². The first-order valence-corrected chi connectivity index (χ1v) is 8.26. The molecule has 2 aromatic carbocycles. The molecule has 3 rings (SSSR count). The molecule has 148 valence electrons. The number of methoxy groups -OCH3 is 2. The van der Waals surface area contributed by atoms with Crippen molar-refractivity contribution in [2.75, 3.05) is 19.5 Å². The average molecular weight is 394 g/mol. The van der Waals surface area contributed by atoms with Gasteiger partial charge in [-0.15, -0.1) is 0 Å². The van der Waals surface area contributed by atoms with E-state index in [1.165, 1.54) is 32.4 Å². The highest BCUT2D eigenvalue weighted by Crippen LogP contribution is 2.36. The monoisotopic (exact) mass is 394 g/mol. The van der Waals surface area contributed by atoms with E-state index < -0.39 is 23.8 Å². The van der Waals surface area contributed by atoms with E-state index in [1.54, 1.807) is 18.2 Å². The van der Waals surface area contributed by atoms with Crippen LogP contribution in [0.5, 0.6) is 11.5 Å². The molecule has 1 aliphatic heterocycles. The second-order valence-corrected chi connectivity index (χ2v) is 5.91. The van der Waals surface area contributed by atoms with E-state index in [9.17, 15) is 18.0 Å². The number of alkyl halides is 3. The van der Waals surface area contributed by atoms with Crippen LogP contribution in [0.4, 0.5) is 18.9 Å². The van der Waals surface area contributed by atoms with Gasteiger partial charge in [0.15, 0.2) is 11.5 Å². The zero-order valence-corrected chi connectivity index (χ0v) is 15.0. The molecule has 1 N–H and O–H groups in total. The maximum atomic E-state index is 13.1. The molecule has 28 heavy (non-hydrogen) atoms. The molecule has 1 heterocycles. The molecule has 9 heteroatoms. The van der Waals surface area contributed by atoms with Crippen LogP contribution in [0.3, 0.4) is 0 Å². The van der Waals surface area contributed by atoms with Gasteiger partial charge in [0.1, 0.15) is 0 Å². The Morgan fingerprint density at radius 1 is 1.14 bits per heavy atom. The van der Waals surface area contributed by atoms with Crippen LogP contribution in [0.1, 0.15) is 17.5 Å². The molecule has 6 nitrogen and oxygen atoms in total. The van der Waals surface area contributed by atoms with Crippen molar-refractivity contribution in [1.82, 2.24) is 0 Å². The van der Waals surface area contributed by atoms with Gasteiger partial charge in [0.05, 0.1) is 31.2 Å². The van der Waals surface area contributed by atoms with Crippen LogP contribution >= 0.6 is 0 Å². The third-order valence-electron chi connectivity index (χ3n) is 4.17. The average Bonchev–Trinajstić information content (AvgIpc) is 3.17. The summed E-state index contributed by atoms with van der Waals surface area (Å²) in [6.07, 6.45) is -5.58. The predicted molar refractivity (Wildman–Crippen MR) is 95.6 cm³/mol. The lowest BCUT2D eigenvalue weighted by atomic mass is 10.0. The number of rotatable bonds is 5. The minimum absolute atomic E-state index is 0.0730. The number of anilines is 1. The van der Waals surface area contributed by atoms with E-state index in [1.807, 2.05) is 0 Å². The summed E-state index contributed by atoms with van der Waals surface area (Å²) in [5.41, 5.74) is -0.263. The molecule has 1 unspecified atom stereocenters. The van der Waals surface area contributed by atoms with Crippen LogP contribution in [-0.2, 0) is 15.8 Å². The lowest BCUT2D eigenvalue weighted by Crippen LogP contribution is -2.29. The second-order valence-electron chi connectivity index (χ2n) is 5.91. The lowest BCUT2D eigenvalue weighted by Gasteiger charge is -2.15. The van der Waals surface area contributed by atoms with E-state index in [0.29, 0.717) is 22.8 Å². The molecule has 1 aliphatic rings. The van der Waals surface area contributed by atoms with Crippen molar-refractivity contribution in [3.05, 3.63) is 53.6 Å². The van der Waals surface area contributed by atoms with Crippen LogP contribution in [0.15, 0.2) is 47.6 Å². The summed E-state index contributed by atoms with van der Waals surface area (Å²) in [6, 6.07) is 9.90. The Balaban J connectivity index is 1.76. The number of carbonyl (C=O) groups excluding carboxylic acids is 1. The fraction of sp³-hybridized carbons (Fsp3) is 0.263. The molecule has 0 saturated carbocycles. The number of oxime groups is 1. The third-order valence-corrected chi connectivity index (χ3v) is 4.17. The first kappa shape index (κ1) is 19.5. The minimum atomic E-state index is -4.59. The van der Waals surface area contributed by atoms with Crippen LogP contribution in [0, 0.1) is 0 Å². The minimum Gasteiger partial charge on any atom is -0.493 e. The largest absolute Gasteiger partial charge is 0.493 e.